The Labute approximate surface area is 410 Å². The van der Waals surface area contributed by atoms with Crippen LogP contribution in [-0.4, -0.2) is 4.98 Å². The quantitative estimate of drug-likeness (QED) is 0.151. The third-order valence-electron chi connectivity index (χ3n) is 15.2. The van der Waals surface area contributed by atoms with Gasteiger partial charge in [0.1, 0.15) is 0 Å². The first-order chi connectivity index (χ1) is 34.3. The minimum Gasteiger partial charge on any atom is -0.310 e. The lowest BCUT2D eigenvalue weighted by atomic mass is 9.80. The summed E-state index contributed by atoms with van der Waals surface area (Å²) in [5, 5.41) is 4.90. The van der Waals surface area contributed by atoms with Gasteiger partial charge in [0.15, 0.2) is 0 Å². The highest BCUT2D eigenvalue weighted by Gasteiger charge is 2.43. The van der Waals surface area contributed by atoms with Crippen LogP contribution in [0.5, 0.6) is 0 Å². The molecule has 0 saturated carbocycles. The van der Waals surface area contributed by atoms with E-state index in [2.05, 4.69) is 274 Å². The predicted molar refractivity (Wildman–Crippen MR) is 295 cm³/mol. The van der Waals surface area contributed by atoms with Gasteiger partial charge in [0.2, 0.25) is 0 Å². The molecule has 0 saturated heterocycles. The Balaban J connectivity index is 0.879. The Morgan fingerprint density at radius 3 is 1.33 bits per heavy atom. The molecule has 1 aromatic heterocycles. The largest absolute Gasteiger partial charge is 0.310 e. The molecule has 0 unspecified atom stereocenters. The number of rotatable bonds is 8. The molecule has 2 aliphatic carbocycles. The van der Waals surface area contributed by atoms with E-state index < -0.39 is 0 Å². The van der Waals surface area contributed by atoms with Crippen molar-refractivity contribution in [2.45, 2.75) is 38.5 Å². The molecule has 0 atom stereocenters. The third-order valence-corrected chi connectivity index (χ3v) is 15.2. The number of benzene rings is 10. The highest BCUT2D eigenvalue weighted by atomic mass is 15.1. The fourth-order valence-corrected chi connectivity index (χ4v) is 11.7. The van der Waals surface area contributed by atoms with Gasteiger partial charge in [0.25, 0.3) is 0 Å². The van der Waals surface area contributed by atoms with Gasteiger partial charge in [-0.1, -0.05) is 185 Å². The van der Waals surface area contributed by atoms with Crippen molar-refractivity contribution in [1.82, 2.24) is 4.98 Å². The van der Waals surface area contributed by atoms with Gasteiger partial charge in [-0.2, -0.15) is 0 Å². The molecular weight excluding hydrogens is 847 g/mol. The van der Waals surface area contributed by atoms with Gasteiger partial charge < -0.3 is 9.80 Å². The van der Waals surface area contributed by atoms with Crippen molar-refractivity contribution in [3.8, 4) is 44.6 Å². The summed E-state index contributed by atoms with van der Waals surface area (Å²) in [6, 6.07) is 86.3. The number of para-hydroxylation sites is 4. The summed E-state index contributed by atoms with van der Waals surface area (Å²) in [5.74, 6) is 0. The molecule has 1 heterocycles. The monoisotopic (exact) mass is 897 g/mol. The average Bonchev–Trinajstić information content (AvgIpc) is 3.77. The van der Waals surface area contributed by atoms with E-state index in [-0.39, 0.29) is 10.8 Å². The summed E-state index contributed by atoms with van der Waals surface area (Å²) < 4.78 is 0. The van der Waals surface area contributed by atoms with E-state index in [1.165, 1.54) is 77.2 Å². The second kappa shape index (κ2) is 16.0. The molecule has 0 N–H and O–H groups in total. The van der Waals surface area contributed by atoms with Gasteiger partial charge in [-0.3, -0.25) is 4.98 Å². The lowest BCUT2D eigenvalue weighted by Gasteiger charge is -2.27. The number of nitrogens with zero attached hydrogens (tertiary/aromatic N) is 3. The Morgan fingerprint density at radius 1 is 0.300 bits per heavy atom. The summed E-state index contributed by atoms with van der Waals surface area (Å²) in [6.45, 7) is 9.44. The molecule has 11 aromatic rings. The van der Waals surface area contributed by atoms with Crippen LogP contribution < -0.4 is 9.80 Å². The van der Waals surface area contributed by atoms with Gasteiger partial charge in [0.05, 0.1) is 17.1 Å². The topological polar surface area (TPSA) is 19.4 Å². The van der Waals surface area contributed by atoms with Gasteiger partial charge in [-0.15, -0.1) is 0 Å². The lowest BCUT2D eigenvalue weighted by molar-refractivity contribution is 0.631. The zero-order valence-corrected chi connectivity index (χ0v) is 39.9. The second-order valence-electron chi connectivity index (χ2n) is 19.9. The molecule has 70 heavy (non-hydrogen) atoms. The van der Waals surface area contributed by atoms with E-state index in [1.54, 1.807) is 0 Å². The predicted octanol–water partition coefficient (Wildman–Crippen LogP) is 18.3. The standard InChI is InChI=1S/C67H51N3/c1-66(2)60-41-44(33-35-58(60)64-62(66)43-59-56-36-34-49(42-61(56)67(3,4)65(59)68-64)69(45-21-9-5-10-22-45)46-23-11-6-12-24-46)50-37-38-54(52-30-18-17-29-51(50)52)55-39-40-63(57-32-20-19-31-53(55)57)70(47-25-13-7-14-26-47)48-27-15-8-16-28-48/h5-43H,1-4H3. The van der Waals surface area contributed by atoms with Gasteiger partial charge in [-0.25, -0.2) is 0 Å². The van der Waals surface area contributed by atoms with E-state index in [1.807, 2.05) is 0 Å². The van der Waals surface area contributed by atoms with E-state index in [0.29, 0.717) is 0 Å². The summed E-state index contributed by atoms with van der Waals surface area (Å²) in [7, 11) is 0. The van der Waals surface area contributed by atoms with Crippen LogP contribution in [0.15, 0.2) is 237 Å². The smallest absolute Gasteiger partial charge is 0.0750 e. The van der Waals surface area contributed by atoms with Crippen molar-refractivity contribution < 1.29 is 0 Å². The summed E-state index contributed by atoms with van der Waals surface area (Å²) in [4.78, 5) is 10.4. The Hall–Kier alpha value is -8.53. The molecule has 13 rings (SSSR count). The van der Waals surface area contributed by atoms with Crippen LogP contribution in [0.25, 0.3) is 66.2 Å². The Bertz CT molecular complexity index is 3740. The van der Waals surface area contributed by atoms with E-state index in [0.717, 1.165) is 45.5 Å². The summed E-state index contributed by atoms with van der Waals surface area (Å²) in [5.41, 5.74) is 21.1. The number of fused-ring (bicyclic) bond motifs is 8. The molecule has 0 radical (unpaired) electrons. The third kappa shape index (κ3) is 6.46. The first-order valence-electron chi connectivity index (χ1n) is 24.5. The zero-order chi connectivity index (χ0) is 47.1. The van der Waals surface area contributed by atoms with E-state index in [9.17, 15) is 0 Å². The van der Waals surface area contributed by atoms with Crippen molar-refractivity contribution in [1.29, 1.82) is 0 Å². The molecule has 0 fully saturated rings. The molecule has 0 spiro atoms. The maximum atomic E-state index is 5.69. The normalized spacial score (nSPS) is 13.7. The van der Waals surface area contributed by atoms with Crippen molar-refractivity contribution in [2.75, 3.05) is 9.80 Å². The van der Waals surface area contributed by atoms with Crippen LogP contribution in [0.4, 0.5) is 34.1 Å². The van der Waals surface area contributed by atoms with E-state index >= 15 is 0 Å². The lowest BCUT2D eigenvalue weighted by Crippen LogP contribution is -2.19. The molecule has 0 amide bonds. The molecule has 0 aliphatic heterocycles. The number of pyridine rings is 1. The highest BCUT2D eigenvalue weighted by molar-refractivity contribution is 6.13. The number of hydrogen-bond acceptors (Lipinski definition) is 3. The maximum absolute atomic E-state index is 5.69. The van der Waals surface area contributed by atoms with Crippen LogP contribution in [0.3, 0.4) is 0 Å². The van der Waals surface area contributed by atoms with Crippen LogP contribution in [0.1, 0.15) is 50.1 Å². The maximum Gasteiger partial charge on any atom is 0.0750 e. The molecule has 10 aromatic carbocycles. The van der Waals surface area contributed by atoms with Gasteiger partial charge >= 0.3 is 0 Å². The Morgan fingerprint density at radius 2 is 0.743 bits per heavy atom. The molecule has 334 valence electrons. The van der Waals surface area contributed by atoms with Crippen LogP contribution >= 0.6 is 0 Å². The van der Waals surface area contributed by atoms with Gasteiger partial charge in [-0.05, 0) is 140 Å². The fourth-order valence-electron chi connectivity index (χ4n) is 11.7. The Kier molecular flexibility index (Phi) is 9.54. The second-order valence-corrected chi connectivity index (χ2v) is 19.9. The molecule has 0 bridgehead atoms. The minimum absolute atomic E-state index is 0.253. The summed E-state index contributed by atoms with van der Waals surface area (Å²) >= 11 is 0. The zero-order valence-electron chi connectivity index (χ0n) is 39.9. The van der Waals surface area contributed by atoms with Crippen molar-refractivity contribution in [3.05, 3.63) is 259 Å². The molecule has 2 aliphatic rings. The summed E-state index contributed by atoms with van der Waals surface area (Å²) in [6.07, 6.45) is 0. The van der Waals surface area contributed by atoms with Crippen molar-refractivity contribution in [2.24, 2.45) is 0 Å². The average molecular weight is 898 g/mol. The molecule has 3 nitrogen and oxygen atoms in total. The molecule has 3 heteroatoms. The van der Waals surface area contributed by atoms with Crippen molar-refractivity contribution in [3.63, 3.8) is 0 Å². The number of anilines is 6. The van der Waals surface area contributed by atoms with Crippen molar-refractivity contribution >= 4 is 55.7 Å². The van der Waals surface area contributed by atoms with Gasteiger partial charge in [0, 0.05) is 55.8 Å². The first-order valence-corrected chi connectivity index (χ1v) is 24.5. The fraction of sp³-hybridized carbons (Fsp3) is 0.0896. The van der Waals surface area contributed by atoms with E-state index in [4.69, 9.17) is 4.98 Å². The highest BCUT2D eigenvalue weighted by Crippen LogP contribution is 2.56. The van der Waals surface area contributed by atoms with Crippen LogP contribution in [0, 0.1) is 0 Å². The number of aromatic nitrogens is 1. The SMILES string of the molecule is CC1(C)c2cc(-c3ccc(-c4ccc(N(c5ccccc5)c5ccccc5)c5ccccc45)c4ccccc34)ccc2-c2nc3c(cc21)-c1ccc(N(c2ccccc2)c2ccccc2)cc1C3(C)C. The van der Waals surface area contributed by atoms with Crippen LogP contribution in [-0.2, 0) is 10.8 Å². The van der Waals surface area contributed by atoms with Crippen LogP contribution in [0.2, 0.25) is 0 Å². The first kappa shape index (κ1) is 41.6. The minimum atomic E-state index is -0.295. The molecular formula is C67H51N3. The number of hydrogen-bond donors (Lipinski definition) is 0.